The van der Waals surface area contributed by atoms with Gasteiger partial charge in [0.05, 0.1) is 17.6 Å². The van der Waals surface area contributed by atoms with Gasteiger partial charge in [-0.25, -0.2) is 4.98 Å². The molecule has 1 aromatic heterocycles. The Kier molecular flexibility index (Phi) is 5.45. The SMILES string of the molecule is CCCNc1ncc(COC2CCCCC2C)s1. The number of ether oxygens (including phenoxy) is 1. The molecule has 2 atom stereocenters. The van der Waals surface area contributed by atoms with E-state index in [4.69, 9.17) is 4.74 Å². The van der Waals surface area contributed by atoms with Gasteiger partial charge in [0, 0.05) is 12.7 Å². The van der Waals surface area contributed by atoms with Crippen molar-refractivity contribution in [3.05, 3.63) is 11.1 Å². The van der Waals surface area contributed by atoms with Crippen LogP contribution < -0.4 is 5.32 Å². The average Bonchev–Trinajstić information content (AvgIpc) is 2.83. The molecule has 4 heteroatoms. The third kappa shape index (κ3) is 3.95. The standard InChI is InChI=1S/C14H24N2OS/c1-3-8-15-14-16-9-12(18-14)10-17-13-7-5-4-6-11(13)2/h9,11,13H,3-8,10H2,1-2H3,(H,15,16). The highest BCUT2D eigenvalue weighted by atomic mass is 32.1. The number of nitrogens with one attached hydrogen (secondary N) is 1. The molecule has 1 saturated carbocycles. The molecule has 2 unspecified atom stereocenters. The highest BCUT2D eigenvalue weighted by Gasteiger charge is 2.21. The van der Waals surface area contributed by atoms with Crippen molar-refractivity contribution >= 4 is 16.5 Å². The molecule has 18 heavy (non-hydrogen) atoms. The van der Waals surface area contributed by atoms with Crippen molar-refractivity contribution in [2.24, 2.45) is 5.92 Å². The Bertz CT molecular complexity index is 353. The van der Waals surface area contributed by atoms with Crippen molar-refractivity contribution in [3.63, 3.8) is 0 Å². The van der Waals surface area contributed by atoms with E-state index in [0.29, 0.717) is 12.0 Å². The van der Waals surface area contributed by atoms with E-state index in [2.05, 4.69) is 24.1 Å². The van der Waals surface area contributed by atoms with Crippen LogP contribution >= 0.6 is 11.3 Å². The van der Waals surface area contributed by atoms with Crippen LogP contribution in [0, 0.1) is 5.92 Å². The summed E-state index contributed by atoms with van der Waals surface area (Å²) < 4.78 is 6.04. The molecule has 0 bridgehead atoms. The van der Waals surface area contributed by atoms with Crippen molar-refractivity contribution in [2.75, 3.05) is 11.9 Å². The number of hydrogen-bond donors (Lipinski definition) is 1. The minimum atomic E-state index is 0.452. The Labute approximate surface area is 114 Å². The van der Waals surface area contributed by atoms with E-state index < -0.39 is 0 Å². The zero-order valence-corrected chi connectivity index (χ0v) is 12.3. The van der Waals surface area contributed by atoms with Crippen LogP contribution in [0.2, 0.25) is 0 Å². The van der Waals surface area contributed by atoms with Crippen LogP contribution in [0.25, 0.3) is 0 Å². The van der Waals surface area contributed by atoms with Gasteiger partial charge in [0.1, 0.15) is 0 Å². The van der Waals surface area contributed by atoms with E-state index in [1.54, 1.807) is 11.3 Å². The van der Waals surface area contributed by atoms with Gasteiger partial charge in [-0.1, -0.05) is 38.0 Å². The van der Waals surface area contributed by atoms with Gasteiger partial charge in [0.25, 0.3) is 0 Å². The Morgan fingerprint density at radius 1 is 1.44 bits per heavy atom. The Hall–Kier alpha value is -0.610. The maximum absolute atomic E-state index is 6.04. The van der Waals surface area contributed by atoms with Gasteiger partial charge in [-0.2, -0.15) is 0 Å². The first-order chi connectivity index (χ1) is 8.79. The van der Waals surface area contributed by atoms with Crippen LogP contribution in [0.1, 0.15) is 50.8 Å². The smallest absolute Gasteiger partial charge is 0.182 e. The van der Waals surface area contributed by atoms with Crippen molar-refractivity contribution in [1.29, 1.82) is 0 Å². The first-order valence-electron chi connectivity index (χ1n) is 7.09. The zero-order valence-electron chi connectivity index (χ0n) is 11.4. The quantitative estimate of drug-likeness (QED) is 0.844. The van der Waals surface area contributed by atoms with Crippen LogP contribution in [-0.4, -0.2) is 17.6 Å². The number of nitrogens with zero attached hydrogens (tertiary/aromatic N) is 1. The van der Waals surface area contributed by atoms with Crippen LogP contribution in [0.5, 0.6) is 0 Å². The van der Waals surface area contributed by atoms with Crippen LogP contribution in [0.4, 0.5) is 5.13 Å². The van der Waals surface area contributed by atoms with Crippen LogP contribution in [-0.2, 0) is 11.3 Å². The summed E-state index contributed by atoms with van der Waals surface area (Å²) >= 11 is 1.72. The molecule has 102 valence electrons. The molecule has 1 aliphatic carbocycles. The van der Waals surface area contributed by atoms with E-state index in [0.717, 1.165) is 24.7 Å². The fourth-order valence-electron chi connectivity index (χ4n) is 2.41. The van der Waals surface area contributed by atoms with Crippen molar-refractivity contribution in [2.45, 2.75) is 58.7 Å². The van der Waals surface area contributed by atoms with E-state index in [9.17, 15) is 0 Å². The zero-order chi connectivity index (χ0) is 12.8. The van der Waals surface area contributed by atoms with Crippen molar-refractivity contribution in [3.8, 4) is 0 Å². The lowest BCUT2D eigenvalue weighted by molar-refractivity contribution is -0.0143. The molecule has 0 saturated heterocycles. The molecule has 0 aromatic carbocycles. The lowest BCUT2D eigenvalue weighted by Crippen LogP contribution is -2.25. The van der Waals surface area contributed by atoms with E-state index >= 15 is 0 Å². The van der Waals surface area contributed by atoms with E-state index in [-0.39, 0.29) is 0 Å². The van der Waals surface area contributed by atoms with Gasteiger partial charge in [0.15, 0.2) is 5.13 Å². The van der Waals surface area contributed by atoms with Gasteiger partial charge in [-0.15, -0.1) is 0 Å². The maximum Gasteiger partial charge on any atom is 0.182 e. The van der Waals surface area contributed by atoms with Crippen LogP contribution in [0.15, 0.2) is 6.20 Å². The second-order valence-electron chi connectivity index (χ2n) is 5.17. The summed E-state index contributed by atoms with van der Waals surface area (Å²) in [6.45, 7) is 6.19. The number of aromatic nitrogens is 1. The van der Waals surface area contributed by atoms with Crippen LogP contribution in [0.3, 0.4) is 0 Å². The minimum absolute atomic E-state index is 0.452. The molecular formula is C14H24N2OS. The first kappa shape index (κ1) is 13.8. The molecule has 0 amide bonds. The molecule has 1 N–H and O–H groups in total. The second-order valence-corrected chi connectivity index (χ2v) is 6.28. The van der Waals surface area contributed by atoms with Crippen molar-refractivity contribution < 1.29 is 4.74 Å². The minimum Gasteiger partial charge on any atom is -0.372 e. The number of thiazole rings is 1. The normalized spacial score (nSPS) is 24.1. The summed E-state index contributed by atoms with van der Waals surface area (Å²) in [7, 11) is 0. The molecule has 0 spiro atoms. The van der Waals surface area contributed by atoms with Gasteiger partial charge in [0.2, 0.25) is 0 Å². The summed E-state index contributed by atoms with van der Waals surface area (Å²) in [5.74, 6) is 0.712. The Balaban J connectivity index is 1.77. The fourth-order valence-corrected chi connectivity index (χ4v) is 3.17. The van der Waals surface area contributed by atoms with Crippen molar-refractivity contribution in [1.82, 2.24) is 4.98 Å². The summed E-state index contributed by atoms with van der Waals surface area (Å²) in [4.78, 5) is 5.59. The highest BCUT2D eigenvalue weighted by Crippen LogP contribution is 2.28. The van der Waals surface area contributed by atoms with E-state index in [1.165, 1.54) is 30.6 Å². The summed E-state index contributed by atoms with van der Waals surface area (Å²) in [5, 5.41) is 4.33. The lowest BCUT2D eigenvalue weighted by Gasteiger charge is -2.28. The summed E-state index contributed by atoms with van der Waals surface area (Å²) in [5.41, 5.74) is 0. The highest BCUT2D eigenvalue weighted by molar-refractivity contribution is 7.15. The predicted molar refractivity (Wildman–Crippen MR) is 77.1 cm³/mol. The predicted octanol–water partition coefficient (Wildman–Crippen LogP) is 4.06. The average molecular weight is 268 g/mol. The van der Waals surface area contributed by atoms with Gasteiger partial charge < -0.3 is 10.1 Å². The fraction of sp³-hybridized carbons (Fsp3) is 0.786. The second kappa shape index (κ2) is 7.10. The molecular weight excluding hydrogens is 244 g/mol. The number of anilines is 1. The Morgan fingerprint density at radius 2 is 2.28 bits per heavy atom. The molecule has 0 aliphatic heterocycles. The Morgan fingerprint density at radius 3 is 3.06 bits per heavy atom. The molecule has 1 heterocycles. The number of hydrogen-bond acceptors (Lipinski definition) is 4. The van der Waals surface area contributed by atoms with Gasteiger partial charge in [-0.3, -0.25) is 0 Å². The van der Waals surface area contributed by atoms with Gasteiger partial charge >= 0.3 is 0 Å². The third-order valence-electron chi connectivity index (χ3n) is 3.55. The molecule has 1 aliphatic rings. The topological polar surface area (TPSA) is 34.2 Å². The first-order valence-corrected chi connectivity index (χ1v) is 7.91. The summed E-state index contributed by atoms with van der Waals surface area (Å²) in [6, 6.07) is 0. The summed E-state index contributed by atoms with van der Waals surface area (Å²) in [6.07, 6.45) is 8.75. The van der Waals surface area contributed by atoms with E-state index in [1.807, 2.05) is 6.20 Å². The molecule has 1 aromatic rings. The largest absolute Gasteiger partial charge is 0.372 e. The monoisotopic (exact) mass is 268 g/mol. The third-order valence-corrected chi connectivity index (χ3v) is 4.48. The molecule has 2 rings (SSSR count). The maximum atomic E-state index is 6.04. The van der Waals surface area contributed by atoms with Gasteiger partial charge in [-0.05, 0) is 25.2 Å². The molecule has 0 radical (unpaired) electrons. The number of rotatable bonds is 6. The molecule has 3 nitrogen and oxygen atoms in total. The molecule has 1 fully saturated rings. The lowest BCUT2D eigenvalue weighted by atomic mass is 9.88.